The highest BCUT2D eigenvalue weighted by Crippen LogP contribution is 2.17. The lowest BCUT2D eigenvalue weighted by Crippen LogP contribution is -2.26. The summed E-state index contributed by atoms with van der Waals surface area (Å²) in [5, 5.41) is 19.0. The fourth-order valence-electron chi connectivity index (χ4n) is 2.04. The zero-order valence-corrected chi connectivity index (χ0v) is 12.6. The van der Waals surface area contributed by atoms with Crippen LogP contribution in [0.5, 0.6) is 0 Å². The van der Waals surface area contributed by atoms with Crippen LogP contribution in [0.2, 0.25) is 0 Å². The van der Waals surface area contributed by atoms with Crippen molar-refractivity contribution in [2.24, 2.45) is 0 Å². The van der Waals surface area contributed by atoms with E-state index in [-0.39, 0.29) is 23.4 Å². The molecule has 0 saturated heterocycles. The minimum Gasteiger partial charge on any atom is -0.388 e. The number of nitrogens with zero attached hydrogens (tertiary/aromatic N) is 1. The van der Waals surface area contributed by atoms with E-state index in [4.69, 9.17) is 5.26 Å². The van der Waals surface area contributed by atoms with Gasteiger partial charge in [-0.05, 0) is 24.1 Å². The summed E-state index contributed by atoms with van der Waals surface area (Å²) in [5.41, 5.74) is 0.831. The van der Waals surface area contributed by atoms with Gasteiger partial charge in [-0.3, -0.25) is 0 Å². The van der Waals surface area contributed by atoms with Crippen LogP contribution in [-0.4, -0.2) is 20.1 Å². The number of hydrogen-bond donors (Lipinski definition) is 2. The molecule has 2 N–H and O–H groups in total. The van der Waals surface area contributed by atoms with E-state index in [0.29, 0.717) is 0 Å². The third kappa shape index (κ3) is 3.92. The number of rotatable bonds is 6. The maximum Gasteiger partial charge on any atom is 0.241 e. The van der Waals surface area contributed by atoms with Crippen LogP contribution in [0.25, 0.3) is 0 Å². The summed E-state index contributed by atoms with van der Waals surface area (Å²) in [7, 11) is -3.76. The molecule has 0 aromatic heterocycles. The van der Waals surface area contributed by atoms with Gasteiger partial charge < -0.3 is 5.11 Å². The smallest absolute Gasteiger partial charge is 0.241 e. The topological polar surface area (TPSA) is 90.2 Å². The Morgan fingerprint density at radius 3 is 2.41 bits per heavy atom. The van der Waals surface area contributed by atoms with Gasteiger partial charge in [-0.1, -0.05) is 42.5 Å². The number of aliphatic hydroxyl groups excluding tert-OH is 1. The molecule has 2 rings (SSSR count). The van der Waals surface area contributed by atoms with Crippen LogP contribution < -0.4 is 4.72 Å². The van der Waals surface area contributed by atoms with Crippen LogP contribution in [-0.2, 0) is 10.0 Å². The van der Waals surface area contributed by atoms with Crippen molar-refractivity contribution in [1.82, 2.24) is 4.72 Å². The number of sulfonamides is 1. The van der Waals surface area contributed by atoms with Gasteiger partial charge in [0.15, 0.2) is 0 Å². The Labute approximate surface area is 129 Å². The van der Waals surface area contributed by atoms with Crippen LogP contribution >= 0.6 is 0 Å². The number of nitriles is 1. The number of nitrogens with one attached hydrogen (secondary N) is 1. The van der Waals surface area contributed by atoms with Gasteiger partial charge in [-0.25, -0.2) is 13.1 Å². The second-order valence-electron chi connectivity index (χ2n) is 4.72. The molecule has 1 atom stereocenters. The molecule has 114 valence electrons. The van der Waals surface area contributed by atoms with E-state index in [1.54, 1.807) is 24.3 Å². The molecule has 6 heteroatoms. The average molecular weight is 316 g/mol. The summed E-state index contributed by atoms with van der Waals surface area (Å²) in [5.74, 6) is 0. The Morgan fingerprint density at radius 2 is 1.73 bits per heavy atom. The van der Waals surface area contributed by atoms with Gasteiger partial charge >= 0.3 is 0 Å². The van der Waals surface area contributed by atoms with Crippen molar-refractivity contribution in [2.45, 2.75) is 17.4 Å². The van der Waals surface area contributed by atoms with Crippen LogP contribution in [0.1, 0.15) is 23.7 Å². The minimum atomic E-state index is -3.76. The molecule has 2 aromatic rings. The van der Waals surface area contributed by atoms with Gasteiger partial charge in [0.1, 0.15) is 6.07 Å². The van der Waals surface area contributed by atoms with Crippen LogP contribution in [0, 0.1) is 11.3 Å². The van der Waals surface area contributed by atoms with Crippen LogP contribution in [0.4, 0.5) is 0 Å². The van der Waals surface area contributed by atoms with Crippen molar-refractivity contribution in [2.75, 3.05) is 6.54 Å². The molecule has 0 bridgehead atoms. The van der Waals surface area contributed by atoms with Gasteiger partial charge in [-0.15, -0.1) is 0 Å². The van der Waals surface area contributed by atoms with Crippen LogP contribution in [0.15, 0.2) is 59.5 Å². The summed E-state index contributed by atoms with van der Waals surface area (Å²) in [6.07, 6.45) is -0.493. The molecule has 5 nitrogen and oxygen atoms in total. The Morgan fingerprint density at radius 1 is 1.09 bits per heavy atom. The zero-order valence-electron chi connectivity index (χ0n) is 11.8. The van der Waals surface area contributed by atoms with Crippen molar-refractivity contribution >= 4 is 10.0 Å². The van der Waals surface area contributed by atoms with E-state index < -0.39 is 16.1 Å². The highest BCUT2D eigenvalue weighted by Gasteiger charge is 2.18. The van der Waals surface area contributed by atoms with Crippen LogP contribution in [0.3, 0.4) is 0 Å². The SMILES string of the molecule is N#Cc1ccccc1S(=O)(=O)NCCC(O)c1ccccc1. The first-order chi connectivity index (χ1) is 10.5. The Balaban J connectivity index is 2.01. The lowest BCUT2D eigenvalue weighted by atomic mass is 10.1. The van der Waals surface area contributed by atoms with E-state index in [1.807, 2.05) is 24.3 Å². The molecule has 0 heterocycles. The monoisotopic (exact) mass is 316 g/mol. The zero-order chi connectivity index (χ0) is 16.0. The number of hydrogen-bond acceptors (Lipinski definition) is 4. The van der Waals surface area contributed by atoms with Crippen molar-refractivity contribution in [3.05, 3.63) is 65.7 Å². The first-order valence-electron chi connectivity index (χ1n) is 6.76. The molecule has 2 aromatic carbocycles. The van der Waals surface area contributed by atoms with E-state index in [9.17, 15) is 13.5 Å². The van der Waals surface area contributed by atoms with Gasteiger partial charge in [0.25, 0.3) is 0 Å². The highest BCUT2D eigenvalue weighted by molar-refractivity contribution is 7.89. The molecular formula is C16H16N2O3S. The minimum absolute atomic E-state index is 0.0494. The van der Waals surface area contributed by atoms with Gasteiger partial charge in [0, 0.05) is 6.54 Å². The maximum atomic E-state index is 12.2. The molecule has 1 unspecified atom stereocenters. The summed E-state index contributed by atoms with van der Waals surface area (Å²) in [4.78, 5) is -0.0494. The molecule has 0 aliphatic heterocycles. The standard InChI is InChI=1S/C16H16N2O3S/c17-12-14-8-4-5-9-16(14)22(20,21)18-11-10-15(19)13-6-2-1-3-7-13/h1-9,15,18-19H,10-11H2. The van der Waals surface area contributed by atoms with E-state index >= 15 is 0 Å². The average Bonchev–Trinajstić information content (AvgIpc) is 2.55. The van der Waals surface area contributed by atoms with E-state index in [1.165, 1.54) is 12.1 Å². The predicted molar refractivity (Wildman–Crippen MR) is 82.4 cm³/mol. The highest BCUT2D eigenvalue weighted by atomic mass is 32.2. The lowest BCUT2D eigenvalue weighted by molar-refractivity contribution is 0.169. The molecule has 0 aliphatic rings. The largest absolute Gasteiger partial charge is 0.388 e. The summed E-state index contributed by atoms with van der Waals surface area (Å²) in [6.45, 7) is 0.0815. The predicted octanol–water partition coefficient (Wildman–Crippen LogP) is 1.96. The second kappa shape index (κ2) is 7.18. The Hall–Kier alpha value is -2.20. The Kier molecular flexibility index (Phi) is 5.28. The Bertz CT molecular complexity index is 767. The molecule has 22 heavy (non-hydrogen) atoms. The van der Waals surface area contributed by atoms with Crippen molar-refractivity contribution in [1.29, 1.82) is 5.26 Å². The fourth-order valence-corrected chi connectivity index (χ4v) is 3.25. The van der Waals surface area contributed by atoms with Gasteiger partial charge in [0.05, 0.1) is 16.6 Å². The summed E-state index contributed by atoms with van der Waals surface area (Å²) >= 11 is 0. The fraction of sp³-hybridized carbons (Fsp3) is 0.188. The third-order valence-corrected chi connectivity index (χ3v) is 4.71. The van der Waals surface area contributed by atoms with E-state index in [2.05, 4.69) is 4.72 Å². The lowest BCUT2D eigenvalue weighted by Gasteiger charge is -2.12. The molecule has 0 saturated carbocycles. The molecule has 0 radical (unpaired) electrons. The number of benzene rings is 2. The summed E-state index contributed by atoms with van der Waals surface area (Å²) in [6, 6.07) is 16.9. The molecule has 0 amide bonds. The normalized spacial score (nSPS) is 12.5. The van der Waals surface area contributed by atoms with Crippen molar-refractivity contribution in [3.63, 3.8) is 0 Å². The second-order valence-corrected chi connectivity index (χ2v) is 6.46. The van der Waals surface area contributed by atoms with Crippen molar-refractivity contribution in [3.8, 4) is 6.07 Å². The molecule has 0 spiro atoms. The first kappa shape index (κ1) is 16.2. The maximum absolute atomic E-state index is 12.2. The quantitative estimate of drug-likeness (QED) is 0.852. The summed E-state index contributed by atoms with van der Waals surface area (Å²) < 4.78 is 26.8. The van der Waals surface area contributed by atoms with Crippen molar-refractivity contribution < 1.29 is 13.5 Å². The van der Waals surface area contributed by atoms with E-state index in [0.717, 1.165) is 5.56 Å². The van der Waals surface area contributed by atoms with Gasteiger partial charge in [-0.2, -0.15) is 5.26 Å². The third-order valence-electron chi connectivity index (χ3n) is 3.19. The molecular weight excluding hydrogens is 300 g/mol. The van der Waals surface area contributed by atoms with Gasteiger partial charge in [0.2, 0.25) is 10.0 Å². The first-order valence-corrected chi connectivity index (χ1v) is 8.25. The number of aliphatic hydroxyl groups is 1. The molecule has 0 aliphatic carbocycles. The molecule has 0 fully saturated rings.